The van der Waals surface area contributed by atoms with Gasteiger partial charge in [-0.25, -0.2) is 13.1 Å². The van der Waals surface area contributed by atoms with Crippen LogP contribution in [0, 0.1) is 11.8 Å². The van der Waals surface area contributed by atoms with Crippen molar-refractivity contribution in [3.63, 3.8) is 0 Å². The van der Waals surface area contributed by atoms with Crippen molar-refractivity contribution >= 4 is 40.0 Å². The molecule has 2 N–H and O–H groups in total. The lowest BCUT2D eigenvalue weighted by molar-refractivity contribution is 0.401. The van der Waals surface area contributed by atoms with Gasteiger partial charge in [0.2, 0.25) is 10.0 Å². The van der Waals surface area contributed by atoms with Gasteiger partial charge in [-0.3, -0.25) is 4.99 Å². The van der Waals surface area contributed by atoms with Crippen LogP contribution in [0.1, 0.15) is 47.5 Å². The number of aliphatic imine (C=N–C) groups is 1. The van der Waals surface area contributed by atoms with E-state index >= 15 is 0 Å². The molecule has 0 bridgehead atoms. The summed E-state index contributed by atoms with van der Waals surface area (Å²) in [5.41, 5.74) is -0.592. The number of likely N-dealkylation sites (tertiary alicyclic amines) is 1. The predicted molar refractivity (Wildman–Crippen MR) is 113 cm³/mol. The lowest BCUT2D eigenvalue weighted by Crippen LogP contribution is -2.47. The lowest BCUT2D eigenvalue weighted by Gasteiger charge is -2.26. The molecule has 0 aromatic heterocycles. The molecule has 1 aliphatic rings. The van der Waals surface area contributed by atoms with Crippen LogP contribution in [0.25, 0.3) is 0 Å². The van der Waals surface area contributed by atoms with Crippen molar-refractivity contribution < 1.29 is 8.42 Å². The Balaban J connectivity index is 0.00000529. The van der Waals surface area contributed by atoms with Crippen LogP contribution in [0.4, 0.5) is 0 Å². The van der Waals surface area contributed by atoms with Crippen LogP contribution in [-0.2, 0) is 10.0 Å². The maximum atomic E-state index is 11.4. The van der Waals surface area contributed by atoms with Gasteiger partial charge in [-0.05, 0) is 45.4 Å². The Hall–Kier alpha value is -0.0900. The van der Waals surface area contributed by atoms with Crippen LogP contribution < -0.4 is 10.0 Å². The zero-order chi connectivity index (χ0) is 17.7. The first kappa shape index (κ1) is 23.9. The minimum Gasteiger partial charge on any atom is -0.357 e. The number of nitrogens with zero attached hydrogens (tertiary/aromatic N) is 2. The molecular formula is C16H35IN4O2S. The summed E-state index contributed by atoms with van der Waals surface area (Å²) in [6.45, 7) is 13.6. The van der Waals surface area contributed by atoms with Crippen LogP contribution in [0.2, 0.25) is 0 Å². The van der Waals surface area contributed by atoms with Crippen molar-refractivity contribution in [2.75, 3.05) is 32.4 Å². The quantitative estimate of drug-likeness (QED) is 0.337. The van der Waals surface area contributed by atoms with E-state index in [-0.39, 0.29) is 24.0 Å². The number of halogens is 1. The molecule has 1 rings (SSSR count). The van der Waals surface area contributed by atoms with E-state index in [1.807, 2.05) is 13.8 Å². The summed E-state index contributed by atoms with van der Waals surface area (Å²) in [5.74, 6) is 2.33. The molecule has 1 fully saturated rings. The molecule has 8 heteroatoms. The number of rotatable bonds is 7. The van der Waals surface area contributed by atoms with Crippen LogP contribution >= 0.6 is 24.0 Å². The Morgan fingerprint density at radius 2 is 2.00 bits per heavy atom. The minimum absolute atomic E-state index is 0. The molecule has 1 unspecified atom stereocenters. The molecule has 1 saturated heterocycles. The zero-order valence-corrected chi connectivity index (χ0v) is 19.1. The van der Waals surface area contributed by atoms with E-state index in [2.05, 4.69) is 40.7 Å². The molecule has 0 aromatic carbocycles. The lowest BCUT2D eigenvalue weighted by atomic mass is 9.97. The Kier molecular flexibility index (Phi) is 10.1. The van der Waals surface area contributed by atoms with E-state index in [1.54, 1.807) is 0 Å². The maximum Gasteiger partial charge on any atom is 0.209 e. The number of sulfonamides is 1. The first-order valence-electron chi connectivity index (χ1n) is 8.54. The molecule has 0 aromatic rings. The largest absolute Gasteiger partial charge is 0.357 e. The Morgan fingerprint density at radius 3 is 2.50 bits per heavy atom. The number of nitrogens with one attached hydrogen (secondary N) is 2. The van der Waals surface area contributed by atoms with Crippen LogP contribution in [0.15, 0.2) is 4.99 Å². The smallest absolute Gasteiger partial charge is 0.209 e. The number of guanidine groups is 1. The van der Waals surface area contributed by atoms with E-state index in [4.69, 9.17) is 0 Å². The van der Waals surface area contributed by atoms with Crippen molar-refractivity contribution in [1.29, 1.82) is 0 Å². The van der Waals surface area contributed by atoms with Gasteiger partial charge in [-0.2, -0.15) is 0 Å². The van der Waals surface area contributed by atoms with Crippen LogP contribution in [-0.4, -0.2) is 57.3 Å². The zero-order valence-electron chi connectivity index (χ0n) is 15.9. The highest BCUT2D eigenvalue weighted by molar-refractivity contribution is 14.0. The second kappa shape index (κ2) is 10.2. The maximum absolute atomic E-state index is 11.4. The number of hydrogen-bond acceptors (Lipinski definition) is 3. The van der Waals surface area contributed by atoms with E-state index in [1.165, 1.54) is 19.1 Å². The Labute approximate surface area is 165 Å². The van der Waals surface area contributed by atoms with Crippen molar-refractivity contribution in [2.45, 2.75) is 53.0 Å². The third-order valence-corrected chi connectivity index (χ3v) is 4.73. The average Bonchev–Trinajstić information content (AvgIpc) is 2.78. The van der Waals surface area contributed by atoms with Gasteiger partial charge in [0, 0.05) is 25.2 Å². The third kappa shape index (κ3) is 9.41. The predicted octanol–water partition coefficient (Wildman–Crippen LogP) is 2.27. The fourth-order valence-electron chi connectivity index (χ4n) is 3.12. The SMILES string of the molecule is CCNC(=NCC(C)(C)NS(C)(=O)=O)N1CCC(CC(C)C)C1.I. The van der Waals surface area contributed by atoms with Crippen molar-refractivity contribution in [3.05, 3.63) is 0 Å². The standard InChI is InChI=1S/C16H34N4O2S.HI/c1-7-17-15(18-12-16(4,5)19-23(6,21)22)20-9-8-14(11-20)10-13(2)3;/h13-14,19H,7-12H2,1-6H3,(H,17,18);1H. The summed E-state index contributed by atoms with van der Waals surface area (Å²) in [6.07, 6.45) is 3.63. The molecule has 0 radical (unpaired) electrons. The Bertz CT molecular complexity index is 506. The fourth-order valence-corrected chi connectivity index (χ4v) is 4.18. The highest BCUT2D eigenvalue weighted by Crippen LogP contribution is 2.23. The molecule has 0 saturated carbocycles. The fraction of sp³-hybridized carbons (Fsp3) is 0.938. The summed E-state index contributed by atoms with van der Waals surface area (Å²) in [6, 6.07) is 0. The highest BCUT2D eigenvalue weighted by Gasteiger charge is 2.27. The topological polar surface area (TPSA) is 73.8 Å². The molecule has 0 aliphatic carbocycles. The second-order valence-corrected chi connectivity index (χ2v) is 9.41. The molecule has 24 heavy (non-hydrogen) atoms. The second-order valence-electron chi connectivity index (χ2n) is 7.66. The minimum atomic E-state index is -3.24. The van der Waals surface area contributed by atoms with Crippen molar-refractivity contribution in [3.8, 4) is 0 Å². The monoisotopic (exact) mass is 474 g/mol. The summed E-state index contributed by atoms with van der Waals surface area (Å²) in [4.78, 5) is 6.97. The molecule has 0 amide bonds. The van der Waals surface area contributed by atoms with Crippen molar-refractivity contribution in [2.24, 2.45) is 16.8 Å². The highest BCUT2D eigenvalue weighted by atomic mass is 127. The summed E-state index contributed by atoms with van der Waals surface area (Å²) in [7, 11) is -3.24. The van der Waals surface area contributed by atoms with Gasteiger partial charge >= 0.3 is 0 Å². The molecule has 6 nitrogen and oxygen atoms in total. The third-order valence-electron chi connectivity index (χ3n) is 3.81. The van der Waals surface area contributed by atoms with Gasteiger partial charge in [-0.15, -0.1) is 24.0 Å². The van der Waals surface area contributed by atoms with E-state index in [0.717, 1.165) is 37.4 Å². The van der Waals surface area contributed by atoms with Gasteiger partial charge in [-0.1, -0.05) is 13.8 Å². The van der Waals surface area contributed by atoms with Crippen LogP contribution in [0.5, 0.6) is 0 Å². The first-order valence-corrected chi connectivity index (χ1v) is 10.4. The van der Waals surface area contributed by atoms with E-state index in [9.17, 15) is 8.42 Å². The summed E-state index contributed by atoms with van der Waals surface area (Å²) in [5, 5.41) is 3.33. The summed E-state index contributed by atoms with van der Waals surface area (Å²) < 4.78 is 25.5. The normalized spacial score (nSPS) is 19.5. The molecule has 144 valence electrons. The number of hydrogen-bond donors (Lipinski definition) is 2. The molecule has 1 atom stereocenters. The van der Waals surface area contributed by atoms with Gasteiger partial charge in [0.05, 0.1) is 12.8 Å². The first-order chi connectivity index (χ1) is 10.5. The van der Waals surface area contributed by atoms with Gasteiger partial charge in [0.15, 0.2) is 5.96 Å². The van der Waals surface area contributed by atoms with Gasteiger partial charge in [0.1, 0.15) is 0 Å². The van der Waals surface area contributed by atoms with E-state index in [0.29, 0.717) is 6.54 Å². The van der Waals surface area contributed by atoms with Gasteiger partial charge in [0.25, 0.3) is 0 Å². The average molecular weight is 474 g/mol. The molecular weight excluding hydrogens is 439 g/mol. The molecule has 1 heterocycles. The van der Waals surface area contributed by atoms with Crippen LogP contribution in [0.3, 0.4) is 0 Å². The van der Waals surface area contributed by atoms with Gasteiger partial charge < -0.3 is 10.2 Å². The molecule has 1 aliphatic heterocycles. The van der Waals surface area contributed by atoms with Crippen molar-refractivity contribution in [1.82, 2.24) is 14.9 Å². The molecule has 0 spiro atoms. The van der Waals surface area contributed by atoms with E-state index < -0.39 is 15.6 Å². The summed E-state index contributed by atoms with van der Waals surface area (Å²) >= 11 is 0. The Morgan fingerprint density at radius 1 is 1.38 bits per heavy atom.